The lowest BCUT2D eigenvalue weighted by Gasteiger charge is -2.54. The largest absolute Gasteiger partial charge is 0.386 e. The zero-order valence-corrected chi connectivity index (χ0v) is 14.3. The van der Waals surface area contributed by atoms with Crippen LogP contribution in [0.25, 0.3) is 0 Å². The van der Waals surface area contributed by atoms with Gasteiger partial charge in [-0.15, -0.1) is 0 Å². The van der Waals surface area contributed by atoms with Crippen LogP contribution in [-0.4, -0.2) is 5.11 Å². The number of fused-ring (bicyclic) bond motifs is 3. The van der Waals surface area contributed by atoms with Gasteiger partial charge in [-0.05, 0) is 73.0 Å². The number of hydrogen-bond acceptors (Lipinski definition) is 1. The fraction of sp³-hybridized carbons (Fsp3) is 0.700. The molecule has 0 radical (unpaired) electrons. The summed E-state index contributed by atoms with van der Waals surface area (Å²) in [5.41, 5.74) is 4.13. The number of aryl methyl sites for hydroxylation is 1. The van der Waals surface area contributed by atoms with E-state index in [0.717, 1.165) is 11.5 Å². The lowest BCUT2D eigenvalue weighted by Crippen LogP contribution is -2.47. The molecule has 116 valence electrons. The van der Waals surface area contributed by atoms with Gasteiger partial charge >= 0.3 is 0 Å². The molecule has 1 N–H and O–H groups in total. The molecule has 1 aromatic rings. The number of aliphatic hydroxyl groups is 1. The minimum atomic E-state index is -0.737. The first kappa shape index (κ1) is 15.1. The second kappa shape index (κ2) is 4.59. The summed E-state index contributed by atoms with van der Waals surface area (Å²) in [4.78, 5) is 0. The highest BCUT2D eigenvalue weighted by atomic mass is 16.3. The molecular weight excluding hydrogens is 256 g/mol. The number of rotatable bonds is 1. The summed E-state index contributed by atoms with van der Waals surface area (Å²) in [5.74, 6) is 0.791. The Bertz CT molecular complexity index is 549. The second-order valence-electron chi connectivity index (χ2n) is 8.78. The first-order valence-corrected chi connectivity index (χ1v) is 8.51. The van der Waals surface area contributed by atoms with E-state index in [0.29, 0.717) is 10.8 Å². The van der Waals surface area contributed by atoms with Crippen molar-refractivity contribution in [1.29, 1.82) is 0 Å². The van der Waals surface area contributed by atoms with Crippen LogP contribution < -0.4 is 0 Å². The van der Waals surface area contributed by atoms with E-state index in [-0.39, 0.29) is 0 Å². The Kier molecular flexibility index (Phi) is 3.30. The summed E-state index contributed by atoms with van der Waals surface area (Å²) in [6, 6.07) is 6.72. The maximum atomic E-state index is 10.3. The third-order valence-corrected chi connectivity index (χ3v) is 6.36. The lowest BCUT2D eigenvalue weighted by atomic mass is 9.50. The molecule has 0 unspecified atom stereocenters. The van der Waals surface area contributed by atoms with Gasteiger partial charge in [0.2, 0.25) is 0 Å². The highest BCUT2D eigenvalue weighted by Crippen LogP contribution is 2.57. The summed E-state index contributed by atoms with van der Waals surface area (Å²) < 4.78 is 0. The molecule has 0 bridgehead atoms. The van der Waals surface area contributed by atoms with Crippen molar-refractivity contribution in [2.45, 2.75) is 77.7 Å². The van der Waals surface area contributed by atoms with Gasteiger partial charge in [-0.25, -0.2) is 0 Å². The van der Waals surface area contributed by atoms with Crippen molar-refractivity contribution in [3.8, 4) is 0 Å². The van der Waals surface area contributed by atoms with Gasteiger partial charge in [0.15, 0.2) is 0 Å². The van der Waals surface area contributed by atoms with Crippen molar-refractivity contribution in [3.05, 3.63) is 34.9 Å². The molecule has 1 fully saturated rings. The molecule has 2 aliphatic carbocycles. The molecule has 0 amide bonds. The first-order valence-electron chi connectivity index (χ1n) is 8.51. The predicted molar refractivity (Wildman–Crippen MR) is 88.5 cm³/mol. The fourth-order valence-electron chi connectivity index (χ4n) is 5.19. The number of benzene rings is 1. The maximum Gasteiger partial charge on any atom is 0.0840 e. The highest BCUT2D eigenvalue weighted by molar-refractivity contribution is 5.42. The van der Waals surface area contributed by atoms with Crippen LogP contribution in [0.15, 0.2) is 18.2 Å². The van der Waals surface area contributed by atoms with Crippen molar-refractivity contribution in [3.63, 3.8) is 0 Å². The van der Waals surface area contributed by atoms with E-state index in [9.17, 15) is 5.11 Å². The number of hydrogen-bond donors (Lipinski definition) is 1. The van der Waals surface area contributed by atoms with Crippen LogP contribution in [0.4, 0.5) is 0 Å². The van der Waals surface area contributed by atoms with Gasteiger partial charge in [0, 0.05) is 0 Å². The van der Waals surface area contributed by atoms with Crippen LogP contribution in [0.5, 0.6) is 0 Å². The summed E-state index contributed by atoms with van der Waals surface area (Å²) in [6.07, 6.45) is 6.49. The molecule has 0 heterocycles. The molecule has 1 aromatic carbocycles. The molecule has 2 atom stereocenters. The van der Waals surface area contributed by atoms with E-state index in [2.05, 4.69) is 39.0 Å². The van der Waals surface area contributed by atoms with Crippen LogP contribution in [0.3, 0.4) is 0 Å². The van der Waals surface area contributed by atoms with E-state index >= 15 is 0 Å². The predicted octanol–water partition coefficient (Wildman–Crippen LogP) is 4.94. The average Bonchev–Trinajstić information content (AvgIpc) is 2.36. The Morgan fingerprint density at radius 1 is 1.14 bits per heavy atom. The van der Waals surface area contributed by atoms with E-state index in [1.54, 1.807) is 5.56 Å². The lowest BCUT2D eigenvalue weighted by molar-refractivity contribution is 0.0402. The van der Waals surface area contributed by atoms with E-state index in [1.807, 2.05) is 13.8 Å². The molecule has 2 aliphatic rings. The summed E-state index contributed by atoms with van der Waals surface area (Å²) in [5, 5.41) is 10.3. The van der Waals surface area contributed by atoms with Gasteiger partial charge in [-0.3, -0.25) is 0 Å². The van der Waals surface area contributed by atoms with Gasteiger partial charge in [-0.1, -0.05) is 45.4 Å². The zero-order chi connectivity index (χ0) is 15.5. The molecule has 1 saturated carbocycles. The van der Waals surface area contributed by atoms with Crippen molar-refractivity contribution in [2.75, 3.05) is 0 Å². The zero-order valence-electron chi connectivity index (χ0n) is 14.3. The minimum absolute atomic E-state index is 0.327. The van der Waals surface area contributed by atoms with Crippen molar-refractivity contribution in [2.24, 2.45) is 11.3 Å². The minimum Gasteiger partial charge on any atom is -0.386 e. The van der Waals surface area contributed by atoms with Crippen LogP contribution in [0.1, 0.15) is 77.0 Å². The average molecular weight is 286 g/mol. The SMILES string of the molecule is CC(C)(O)c1ccc2c(c1)CC[C@H]1C(C)(C)CCC[C@]21C. The van der Waals surface area contributed by atoms with Crippen LogP contribution in [-0.2, 0) is 17.4 Å². The molecular formula is C20H30O. The quantitative estimate of drug-likeness (QED) is 0.775. The third kappa shape index (κ3) is 2.34. The van der Waals surface area contributed by atoms with Crippen molar-refractivity contribution in [1.82, 2.24) is 0 Å². The Balaban J connectivity index is 2.07. The van der Waals surface area contributed by atoms with Crippen LogP contribution >= 0.6 is 0 Å². The van der Waals surface area contributed by atoms with E-state index in [1.165, 1.54) is 37.7 Å². The van der Waals surface area contributed by atoms with Crippen molar-refractivity contribution >= 4 is 0 Å². The maximum absolute atomic E-state index is 10.3. The normalized spacial score (nSPS) is 31.4. The van der Waals surface area contributed by atoms with Gasteiger partial charge in [0.05, 0.1) is 5.60 Å². The summed E-state index contributed by atoms with van der Waals surface area (Å²) in [7, 11) is 0. The monoisotopic (exact) mass is 286 g/mol. The summed E-state index contributed by atoms with van der Waals surface area (Å²) >= 11 is 0. The molecule has 3 rings (SSSR count). The molecule has 1 heteroatoms. The van der Waals surface area contributed by atoms with Crippen LogP contribution in [0, 0.1) is 11.3 Å². The Morgan fingerprint density at radius 3 is 2.52 bits per heavy atom. The Morgan fingerprint density at radius 2 is 1.86 bits per heavy atom. The van der Waals surface area contributed by atoms with Gasteiger partial charge in [0.1, 0.15) is 0 Å². The molecule has 0 aromatic heterocycles. The summed E-state index contributed by atoms with van der Waals surface area (Å²) in [6.45, 7) is 11.2. The Labute approximate surface area is 129 Å². The topological polar surface area (TPSA) is 20.2 Å². The first-order chi connectivity index (χ1) is 9.64. The molecule has 0 saturated heterocycles. The van der Waals surface area contributed by atoms with Crippen LogP contribution in [0.2, 0.25) is 0 Å². The van der Waals surface area contributed by atoms with Gasteiger partial charge in [0.25, 0.3) is 0 Å². The van der Waals surface area contributed by atoms with Gasteiger partial charge in [-0.2, -0.15) is 0 Å². The van der Waals surface area contributed by atoms with E-state index < -0.39 is 5.60 Å². The van der Waals surface area contributed by atoms with Crippen molar-refractivity contribution < 1.29 is 5.11 Å². The molecule has 1 nitrogen and oxygen atoms in total. The molecule has 21 heavy (non-hydrogen) atoms. The third-order valence-electron chi connectivity index (χ3n) is 6.36. The highest BCUT2D eigenvalue weighted by Gasteiger charge is 2.49. The second-order valence-corrected chi connectivity index (χ2v) is 8.78. The molecule has 0 spiro atoms. The molecule has 0 aliphatic heterocycles. The fourth-order valence-corrected chi connectivity index (χ4v) is 5.19. The Hall–Kier alpha value is -0.820. The standard InChI is InChI=1S/C20H30O/c1-18(2)11-6-12-20(5)16-9-8-15(19(3,4)21)13-14(16)7-10-17(18)20/h8-9,13,17,21H,6-7,10-12H2,1-5H3/t17-,20+/m0/s1. The van der Waals surface area contributed by atoms with E-state index in [4.69, 9.17) is 0 Å². The van der Waals surface area contributed by atoms with Gasteiger partial charge < -0.3 is 5.11 Å². The smallest absolute Gasteiger partial charge is 0.0840 e.